The van der Waals surface area contributed by atoms with Crippen LogP contribution in [-0.2, 0) is 0 Å². The molecule has 0 aliphatic carbocycles. The molecule has 0 spiro atoms. The molecule has 18 heavy (non-hydrogen) atoms. The molecule has 0 saturated carbocycles. The summed E-state index contributed by atoms with van der Waals surface area (Å²) in [5, 5.41) is 0. The van der Waals surface area contributed by atoms with E-state index in [1.165, 1.54) is 10.8 Å². The van der Waals surface area contributed by atoms with E-state index < -0.39 is 5.69 Å². The largest absolute Gasteiger partial charge is 0.495 e. The van der Waals surface area contributed by atoms with Gasteiger partial charge in [-0.3, -0.25) is 14.3 Å². The topological polar surface area (TPSA) is 64.1 Å². The van der Waals surface area contributed by atoms with Gasteiger partial charge in [-0.05, 0) is 31.5 Å². The van der Waals surface area contributed by atoms with Crippen LogP contribution in [0.3, 0.4) is 0 Å². The molecular formula is C13H14N2O3. The minimum atomic E-state index is -0.479. The van der Waals surface area contributed by atoms with Crippen molar-refractivity contribution in [1.82, 2.24) is 9.55 Å². The Balaban J connectivity index is 2.73. The molecule has 0 fully saturated rings. The number of H-pyrrole nitrogens is 1. The number of ether oxygens (including phenoxy) is 1. The molecule has 5 heteroatoms. The number of nitrogens with zero attached hydrogens (tertiary/aromatic N) is 1. The third kappa shape index (κ3) is 2.07. The van der Waals surface area contributed by atoms with Crippen molar-refractivity contribution in [2.45, 2.75) is 13.8 Å². The van der Waals surface area contributed by atoms with Gasteiger partial charge in [-0.1, -0.05) is 6.07 Å². The molecule has 0 saturated heterocycles. The van der Waals surface area contributed by atoms with Crippen molar-refractivity contribution in [1.29, 1.82) is 0 Å². The first-order chi connectivity index (χ1) is 8.52. The Morgan fingerprint density at radius 3 is 2.61 bits per heavy atom. The summed E-state index contributed by atoms with van der Waals surface area (Å²) < 4.78 is 6.62. The summed E-state index contributed by atoms with van der Waals surface area (Å²) in [6, 6.07) is 5.50. The van der Waals surface area contributed by atoms with Gasteiger partial charge in [0.2, 0.25) is 0 Å². The van der Waals surface area contributed by atoms with E-state index >= 15 is 0 Å². The van der Waals surface area contributed by atoms with Gasteiger partial charge in [0.05, 0.1) is 12.8 Å². The molecule has 2 rings (SSSR count). The number of nitrogens with one attached hydrogen (secondary N) is 1. The van der Waals surface area contributed by atoms with Gasteiger partial charge in [0, 0.05) is 11.8 Å². The van der Waals surface area contributed by atoms with Crippen molar-refractivity contribution in [3.05, 3.63) is 56.4 Å². The van der Waals surface area contributed by atoms with Crippen molar-refractivity contribution in [3.63, 3.8) is 0 Å². The fourth-order valence-corrected chi connectivity index (χ4v) is 1.73. The number of hydrogen-bond donors (Lipinski definition) is 1. The molecule has 1 N–H and O–H groups in total. The Morgan fingerprint density at radius 1 is 1.22 bits per heavy atom. The number of benzene rings is 1. The predicted molar refractivity (Wildman–Crippen MR) is 68.7 cm³/mol. The molecule has 94 valence electrons. The number of hydrogen-bond acceptors (Lipinski definition) is 3. The molecule has 0 radical (unpaired) electrons. The number of rotatable bonds is 2. The van der Waals surface area contributed by atoms with Gasteiger partial charge in [-0.2, -0.15) is 0 Å². The van der Waals surface area contributed by atoms with Crippen LogP contribution < -0.4 is 16.0 Å². The number of aromatic nitrogens is 2. The summed E-state index contributed by atoms with van der Waals surface area (Å²) in [7, 11) is 1.54. The first-order valence-corrected chi connectivity index (χ1v) is 5.50. The highest BCUT2D eigenvalue weighted by molar-refractivity contribution is 5.48. The molecule has 1 aromatic carbocycles. The lowest BCUT2D eigenvalue weighted by molar-refractivity contribution is 0.412. The minimum absolute atomic E-state index is 0.373. The van der Waals surface area contributed by atoms with Crippen LogP contribution in [0.2, 0.25) is 0 Å². The fourth-order valence-electron chi connectivity index (χ4n) is 1.73. The van der Waals surface area contributed by atoms with Gasteiger partial charge < -0.3 is 4.74 Å². The molecule has 0 atom stereocenters. The van der Waals surface area contributed by atoms with Crippen LogP contribution in [0.5, 0.6) is 5.75 Å². The molecular weight excluding hydrogens is 232 g/mol. The smallest absolute Gasteiger partial charge is 0.333 e. The summed E-state index contributed by atoms with van der Waals surface area (Å²) in [4.78, 5) is 25.4. The average molecular weight is 246 g/mol. The van der Waals surface area contributed by atoms with Gasteiger partial charge in [-0.25, -0.2) is 4.79 Å². The lowest BCUT2D eigenvalue weighted by Gasteiger charge is -2.11. The highest BCUT2D eigenvalue weighted by Gasteiger charge is 2.08. The van der Waals surface area contributed by atoms with Gasteiger partial charge in [-0.15, -0.1) is 0 Å². The van der Waals surface area contributed by atoms with E-state index in [4.69, 9.17) is 4.74 Å². The van der Waals surface area contributed by atoms with Gasteiger partial charge in [0.1, 0.15) is 5.75 Å². The van der Waals surface area contributed by atoms with E-state index in [-0.39, 0.29) is 5.56 Å². The molecule has 5 nitrogen and oxygen atoms in total. The highest BCUT2D eigenvalue weighted by atomic mass is 16.5. The molecule has 0 aliphatic rings. The lowest BCUT2D eigenvalue weighted by atomic mass is 10.2. The zero-order valence-electron chi connectivity index (χ0n) is 10.5. The maximum atomic E-state index is 11.8. The molecule has 2 aromatic rings. The molecule has 0 aliphatic heterocycles. The van der Waals surface area contributed by atoms with E-state index in [1.807, 2.05) is 19.1 Å². The van der Waals surface area contributed by atoms with Gasteiger partial charge in [0.25, 0.3) is 5.56 Å². The molecule has 0 unspecified atom stereocenters. The maximum Gasteiger partial charge on any atom is 0.333 e. The second kappa shape index (κ2) is 4.52. The Bertz CT molecular complexity index is 698. The number of aryl methyl sites for hydroxylation is 2. The molecule has 0 amide bonds. The van der Waals surface area contributed by atoms with Crippen molar-refractivity contribution >= 4 is 0 Å². The van der Waals surface area contributed by atoms with Crippen LogP contribution >= 0.6 is 0 Å². The van der Waals surface area contributed by atoms with E-state index in [9.17, 15) is 9.59 Å². The Kier molecular flexibility index (Phi) is 3.06. The first kappa shape index (κ1) is 12.2. The third-order valence-electron chi connectivity index (χ3n) is 2.71. The zero-order chi connectivity index (χ0) is 13.3. The molecule has 1 aromatic heterocycles. The SMILES string of the molecule is COc1cc(C)ccc1-n1cc(C)c(=O)[nH]c1=O. The summed E-state index contributed by atoms with van der Waals surface area (Å²) >= 11 is 0. The summed E-state index contributed by atoms with van der Waals surface area (Å²) in [6.07, 6.45) is 1.51. The Morgan fingerprint density at radius 2 is 1.94 bits per heavy atom. The Hall–Kier alpha value is -2.30. The van der Waals surface area contributed by atoms with Crippen molar-refractivity contribution in [2.75, 3.05) is 7.11 Å². The van der Waals surface area contributed by atoms with Gasteiger partial charge >= 0.3 is 5.69 Å². The van der Waals surface area contributed by atoms with Crippen LogP contribution in [0.15, 0.2) is 34.0 Å². The van der Waals surface area contributed by atoms with Crippen molar-refractivity contribution in [3.8, 4) is 11.4 Å². The Labute approximate surface area is 104 Å². The zero-order valence-corrected chi connectivity index (χ0v) is 10.5. The summed E-state index contributed by atoms with van der Waals surface area (Å²) in [6.45, 7) is 3.59. The van der Waals surface area contributed by atoms with Crippen LogP contribution in [-0.4, -0.2) is 16.7 Å². The van der Waals surface area contributed by atoms with Crippen LogP contribution in [0.25, 0.3) is 5.69 Å². The third-order valence-corrected chi connectivity index (χ3v) is 2.71. The quantitative estimate of drug-likeness (QED) is 0.864. The number of aromatic amines is 1. The lowest BCUT2D eigenvalue weighted by Crippen LogP contribution is -2.29. The fraction of sp³-hybridized carbons (Fsp3) is 0.231. The summed E-state index contributed by atoms with van der Waals surface area (Å²) in [5.74, 6) is 0.587. The van der Waals surface area contributed by atoms with Crippen LogP contribution in [0.1, 0.15) is 11.1 Å². The normalized spacial score (nSPS) is 10.4. The summed E-state index contributed by atoms with van der Waals surface area (Å²) in [5.41, 5.74) is 1.25. The van der Waals surface area contributed by atoms with Crippen LogP contribution in [0.4, 0.5) is 0 Å². The van der Waals surface area contributed by atoms with E-state index in [0.717, 1.165) is 5.56 Å². The minimum Gasteiger partial charge on any atom is -0.495 e. The first-order valence-electron chi connectivity index (χ1n) is 5.50. The van der Waals surface area contributed by atoms with Gasteiger partial charge in [0.15, 0.2) is 0 Å². The second-order valence-corrected chi connectivity index (χ2v) is 4.12. The van der Waals surface area contributed by atoms with Crippen molar-refractivity contribution in [2.24, 2.45) is 0 Å². The monoisotopic (exact) mass is 246 g/mol. The van der Waals surface area contributed by atoms with E-state index in [1.54, 1.807) is 20.1 Å². The van der Waals surface area contributed by atoms with Crippen LogP contribution in [0, 0.1) is 13.8 Å². The molecule has 0 bridgehead atoms. The van der Waals surface area contributed by atoms with Crippen molar-refractivity contribution < 1.29 is 4.74 Å². The predicted octanol–water partition coefficient (Wildman–Crippen LogP) is 1.15. The maximum absolute atomic E-state index is 11.8. The van der Waals surface area contributed by atoms with E-state index in [0.29, 0.717) is 17.0 Å². The van der Waals surface area contributed by atoms with E-state index in [2.05, 4.69) is 4.98 Å². The highest BCUT2D eigenvalue weighted by Crippen LogP contribution is 2.22. The average Bonchev–Trinajstić information content (AvgIpc) is 2.34. The standard InChI is InChI=1S/C13H14N2O3/c1-8-4-5-10(11(6-8)18-3)15-7-9(2)12(16)14-13(15)17/h4-7H,1-3H3,(H,14,16,17). The second-order valence-electron chi connectivity index (χ2n) is 4.12. The number of methoxy groups -OCH3 is 1. The molecule has 1 heterocycles.